The van der Waals surface area contributed by atoms with Gasteiger partial charge in [0.2, 0.25) is 0 Å². The monoisotopic (exact) mass is 396 g/mol. The molecule has 5 rings (SSSR count). The van der Waals surface area contributed by atoms with Crippen molar-refractivity contribution in [2.75, 3.05) is 4.90 Å². The van der Waals surface area contributed by atoms with Crippen molar-refractivity contribution >= 4 is 34.8 Å². The van der Waals surface area contributed by atoms with Gasteiger partial charge in [-0.15, -0.1) is 0 Å². The largest absolute Gasteiger partial charge is 0.465 e. The van der Waals surface area contributed by atoms with Crippen LogP contribution in [0.25, 0.3) is 11.3 Å². The molecule has 4 heterocycles. The van der Waals surface area contributed by atoms with Crippen molar-refractivity contribution in [3.63, 3.8) is 0 Å². The minimum atomic E-state index is -1.11. The van der Waals surface area contributed by atoms with Crippen LogP contribution in [-0.2, 0) is 6.54 Å². The number of halogens is 1. The van der Waals surface area contributed by atoms with Crippen molar-refractivity contribution in [2.45, 2.75) is 32.2 Å². The van der Waals surface area contributed by atoms with E-state index in [1.807, 2.05) is 35.9 Å². The van der Waals surface area contributed by atoms with E-state index in [4.69, 9.17) is 11.6 Å². The van der Waals surface area contributed by atoms with Gasteiger partial charge >= 0.3 is 6.09 Å². The van der Waals surface area contributed by atoms with Crippen LogP contribution in [0.15, 0.2) is 36.8 Å². The zero-order valence-corrected chi connectivity index (χ0v) is 15.8. The molecule has 4 aromatic heterocycles. The zero-order valence-electron chi connectivity index (χ0n) is 15.1. The van der Waals surface area contributed by atoms with Crippen LogP contribution in [-0.4, -0.2) is 35.2 Å². The molecule has 0 aliphatic heterocycles. The molecule has 28 heavy (non-hydrogen) atoms. The molecule has 1 saturated carbocycles. The zero-order chi connectivity index (χ0) is 19.4. The first-order valence-corrected chi connectivity index (χ1v) is 9.37. The summed E-state index contributed by atoms with van der Waals surface area (Å²) in [7, 11) is 0. The molecule has 0 radical (unpaired) electrons. The van der Waals surface area contributed by atoms with E-state index >= 15 is 0 Å². The highest BCUT2D eigenvalue weighted by atomic mass is 35.5. The van der Waals surface area contributed by atoms with Crippen molar-refractivity contribution in [1.82, 2.24) is 24.0 Å². The lowest BCUT2D eigenvalue weighted by Crippen LogP contribution is -2.31. The third-order valence-electron chi connectivity index (χ3n) is 5.02. The van der Waals surface area contributed by atoms with Crippen LogP contribution in [0.2, 0.25) is 5.15 Å². The maximum Gasteiger partial charge on any atom is 0.413 e. The van der Waals surface area contributed by atoms with Gasteiger partial charge in [0, 0.05) is 24.0 Å². The van der Waals surface area contributed by atoms with Crippen molar-refractivity contribution < 1.29 is 9.90 Å². The minimum Gasteiger partial charge on any atom is -0.465 e. The first-order valence-electron chi connectivity index (χ1n) is 8.99. The van der Waals surface area contributed by atoms with Crippen LogP contribution in [0.4, 0.5) is 10.6 Å². The SMILES string of the molecule is Cc1cccn2cc(CN(C(=O)O)c3cc(Cl)nc4c(C5CC5)cnn34)nc12. The highest BCUT2D eigenvalue weighted by Gasteiger charge is 2.29. The van der Waals surface area contributed by atoms with E-state index in [2.05, 4.69) is 15.1 Å². The lowest BCUT2D eigenvalue weighted by molar-refractivity contribution is 0.201. The number of hydrogen-bond acceptors (Lipinski definition) is 4. The second kappa shape index (κ2) is 6.20. The van der Waals surface area contributed by atoms with Gasteiger partial charge in [0.1, 0.15) is 16.6 Å². The van der Waals surface area contributed by atoms with Gasteiger partial charge in [-0.25, -0.2) is 14.8 Å². The molecule has 0 saturated heterocycles. The van der Waals surface area contributed by atoms with Crippen LogP contribution < -0.4 is 4.90 Å². The average molecular weight is 397 g/mol. The molecular weight excluding hydrogens is 380 g/mol. The van der Waals surface area contributed by atoms with E-state index in [0.717, 1.165) is 29.6 Å². The summed E-state index contributed by atoms with van der Waals surface area (Å²) in [6.45, 7) is 2.04. The van der Waals surface area contributed by atoms with Crippen LogP contribution in [0.3, 0.4) is 0 Å². The normalized spacial score (nSPS) is 14.1. The molecular formula is C19H17ClN6O2. The van der Waals surface area contributed by atoms with E-state index in [1.54, 1.807) is 10.7 Å². The van der Waals surface area contributed by atoms with Crippen molar-refractivity contribution in [3.8, 4) is 0 Å². The average Bonchev–Trinajstić information content (AvgIpc) is 3.26. The molecule has 0 bridgehead atoms. The van der Waals surface area contributed by atoms with Crippen molar-refractivity contribution in [3.05, 3.63) is 58.8 Å². The minimum absolute atomic E-state index is 0.0739. The Morgan fingerprint density at radius 2 is 2.18 bits per heavy atom. The molecule has 0 atom stereocenters. The second-order valence-corrected chi connectivity index (χ2v) is 7.46. The van der Waals surface area contributed by atoms with Crippen molar-refractivity contribution in [2.24, 2.45) is 0 Å². The number of hydrogen-bond donors (Lipinski definition) is 1. The first-order chi connectivity index (χ1) is 13.5. The molecule has 8 nitrogen and oxygen atoms in total. The van der Waals surface area contributed by atoms with Crippen LogP contribution >= 0.6 is 11.6 Å². The maximum atomic E-state index is 12.1. The molecule has 0 unspecified atom stereocenters. The predicted molar refractivity (Wildman–Crippen MR) is 104 cm³/mol. The number of aromatic nitrogens is 5. The number of amides is 1. The quantitative estimate of drug-likeness (QED) is 0.528. The molecule has 0 spiro atoms. The van der Waals surface area contributed by atoms with Gasteiger partial charge in [-0.1, -0.05) is 17.7 Å². The third-order valence-corrected chi connectivity index (χ3v) is 5.22. The van der Waals surface area contributed by atoms with Gasteiger partial charge in [-0.3, -0.25) is 4.90 Å². The van der Waals surface area contributed by atoms with Gasteiger partial charge in [-0.2, -0.15) is 9.61 Å². The third kappa shape index (κ3) is 2.77. The highest BCUT2D eigenvalue weighted by molar-refractivity contribution is 6.29. The highest BCUT2D eigenvalue weighted by Crippen LogP contribution is 2.42. The van der Waals surface area contributed by atoms with E-state index in [0.29, 0.717) is 23.1 Å². The fourth-order valence-electron chi connectivity index (χ4n) is 3.50. The number of rotatable bonds is 4. The molecule has 1 N–H and O–H groups in total. The summed E-state index contributed by atoms with van der Waals surface area (Å²) < 4.78 is 3.44. The molecule has 1 amide bonds. The summed E-state index contributed by atoms with van der Waals surface area (Å²) >= 11 is 6.22. The summed E-state index contributed by atoms with van der Waals surface area (Å²) in [6, 6.07) is 5.42. The van der Waals surface area contributed by atoms with Gasteiger partial charge in [-0.05, 0) is 37.3 Å². The molecule has 1 fully saturated rings. The van der Waals surface area contributed by atoms with E-state index in [-0.39, 0.29) is 11.7 Å². The summed E-state index contributed by atoms with van der Waals surface area (Å²) in [4.78, 5) is 22.2. The lowest BCUT2D eigenvalue weighted by Gasteiger charge is -2.19. The fourth-order valence-corrected chi connectivity index (χ4v) is 3.68. The molecule has 4 aromatic rings. The molecule has 142 valence electrons. The summed E-state index contributed by atoms with van der Waals surface area (Å²) in [6.07, 6.45) is 6.55. The molecule has 1 aliphatic carbocycles. The Morgan fingerprint density at radius 3 is 2.89 bits per heavy atom. The van der Waals surface area contributed by atoms with Crippen molar-refractivity contribution in [1.29, 1.82) is 0 Å². The smallest absolute Gasteiger partial charge is 0.413 e. The number of pyridine rings is 1. The fraction of sp³-hybridized carbons (Fsp3) is 0.263. The van der Waals surface area contributed by atoms with E-state index in [1.165, 1.54) is 11.0 Å². The molecule has 1 aliphatic rings. The van der Waals surface area contributed by atoms with Crippen LogP contribution in [0, 0.1) is 6.92 Å². The van der Waals surface area contributed by atoms with E-state index < -0.39 is 6.09 Å². The van der Waals surface area contributed by atoms with E-state index in [9.17, 15) is 9.90 Å². The standard InChI is InChI=1S/C19H17ClN6O2/c1-11-3-2-6-24-9-13(22-17(11)24)10-25(19(27)28)16-7-15(20)23-18-14(12-4-5-12)8-21-26(16)18/h2-3,6-9,12H,4-5,10H2,1H3,(H,27,28). The van der Waals surface area contributed by atoms with Gasteiger partial charge in [0.05, 0.1) is 18.4 Å². The topological polar surface area (TPSA) is 88.0 Å². The van der Waals surface area contributed by atoms with Gasteiger partial charge in [0.15, 0.2) is 5.65 Å². The Kier molecular flexibility index (Phi) is 3.77. The Morgan fingerprint density at radius 1 is 1.36 bits per heavy atom. The van der Waals surface area contributed by atoms with Crippen LogP contribution in [0.5, 0.6) is 0 Å². The number of carboxylic acid groups (broad SMARTS) is 1. The number of carbonyl (C=O) groups is 1. The number of nitrogens with zero attached hydrogens (tertiary/aromatic N) is 6. The Hall–Kier alpha value is -3.13. The van der Waals surface area contributed by atoms with Gasteiger partial charge < -0.3 is 9.51 Å². The summed E-state index contributed by atoms with van der Waals surface area (Å²) in [5, 5.41) is 14.5. The van der Waals surface area contributed by atoms with Gasteiger partial charge in [0.25, 0.3) is 0 Å². The first kappa shape index (κ1) is 17.0. The summed E-state index contributed by atoms with van der Waals surface area (Å²) in [5.41, 5.74) is 4.08. The molecule has 0 aromatic carbocycles. The Balaban J connectivity index is 1.60. The lowest BCUT2D eigenvalue weighted by atomic mass is 10.2. The Labute approximate surface area is 165 Å². The number of fused-ring (bicyclic) bond motifs is 2. The van der Waals surface area contributed by atoms with Crippen LogP contribution in [0.1, 0.15) is 35.6 Å². The maximum absolute atomic E-state index is 12.1. The number of aryl methyl sites for hydroxylation is 1. The number of imidazole rings is 1. The summed E-state index contributed by atoms with van der Waals surface area (Å²) in [5.74, 6) is 0.777. The Bertz CT molecular complexity index is 1230. The molecule has 9 heteroatoms. The predicted octanol–water partition coefficient (Wildman–Crippen LogP) is 3.90. The second-order valence-electron chi connectivity index (χ2n) is 7.07. The number of anilines is 1.